The molecule has 2 aromatic rings. The number of hydrogen-bond donors (Lipinski definition) is 3. The standard InChI is InChI=1S/C23H35ClN6O4S/c1-14-28-29-21(35-13-19(32)27-23(5,6)7)30(14)25-11-15-9-16(24)20(17(10-15)33-8)34-12-18(31)26-22(2,3)4/h9-10,25H,11-13H2,1-8H3,(H,26,31)(H,27,32). The number of carbonyl (C=O) groups excluding carboxylic acids is 2. The molecule has 2 amide bonds. The average molecular weight is 527 g/mol. The number of halogens is 1. The van der Waals surface area contributed by atoms with Crippen LogP contribution >= 0.6 is 23.4 Å². The summed E-state index contributed by atoms with van der Waals surface area (Å²) in [5.74, 6) is 1.22. The number of amides is 2. The van der Waals surface area contributed by atoms with Crippen molar-refractivity contribution in [3.8, 4) is 11.5 Å². The number of nitrogens with zero attached hydrogens (tertiary/aromatic N) is 3. The zero-order chi connectivity index (χ0) is 26.4. The minimum atomic E-state index is -0.363. The van der Waals surface area contributed by atoms with Gasteiger partial charge in [0.05, 0.1) is 24.4 Å². The Morgan fingerprint density at radius 3 is 2.29 bits per heavy atom. The summed E-state index contributed by atoms with van der Waals surface area (Å²) in [4.78, 5) is 24.3. The predicted molar refractivity (Wildman–Crippen MR) is 138 cm³/mol. The number of carbonyl (C=O) groups is 2. The van der Waals surface area contributed by atoms with Crippen molar-refractivity contribution < 1.29 is 19.1 Å². The highest BCUT2D eigenvalue weighted by Gasteiger charge is 2.19. The van der Waals surface area contributed by atoms with Crippen LogP contribution in [0.5, 0.6) is 11.5 Å². The Kier molecular flexibility index (Phi) is 9.68. The molecule has 10 nitrogen and oxygen atoms in total. The molecule has 0 bridgehead atoms. The van der Waals surface area contributed by atoms with Crippen LogP contribution in [0.1, 0.15) is 52.9 Å². The van der Waals surface area contributed by atoms with Crippen molar-refractivity contribution in [3.05, 3.63) is 28.5 Å². The second-order valence-electron chi connectivity index (χ2n) is 9.98. The molecule has 12 heteroatoms. The average Bonchev–Trinajstić information content (AvgIpc) is 3.06. The Hall–Kier alpha value is -2.66. The Balaban J connectivity index is 2.06. The van der Waals surface area contributed by atoms with Gasteiger partial charge >= 0.3 is 0 Å². The molecule has 35 heavy (non-hydrogen) atoms. The molecule has 0 saturated heterocycles. The van der Waals surface area contributed by atoms with Crippen molar-refractivity contribution in [1.82, 2.24) is 25.5 Å². The number of rotatable bonds is 10. The molecule has 0 fully saturated rings. The quantitative estimate of drug-likeness (QED) is 0.403. The van der Waals surface area contributed by atoms with Gasteiger partial charge in [-0.1, -0.05) is 23.4 Å². The van der Waals surface area contributed by atoms with Crippen molar-refractivity contribution in [1.29, 1.82) is 0 Å². The van der Waals surface area contributed by atoms with E-state index in [1.807, 2.05) is 48.5 Å². The van der Waals surface area contributed by atoms with E-state index in [4.69, 9.17) is 21.1 Å². The second-order valence-corrected chi connectivity index (χ2v) is 11.3. The van der Waals surface area contributed by atoms with E-state index in [-0.39, 0.29) is 35.3 Å². The van der Waals surface area contributed by atoms with Crippen molar-refractivity contribution in [2.24, 2.45) is 0 Å². The molecule has 0 unspecified atom stereocenters. The molecule has 0 aliphatic heterocycles. The summed E-state index contributed by atoms with van der Waals surface area (Å²) in [6, 6.07) is 3.51. The molecular formula is C23H35ClN6O4S. The molecule has 0 radical (unpaired) electrons. The molecule has 3 N–H and O–H groups in total. The van der Waals surface area contributed by atoms with Crippen molar-refractivity contribution in [2.75, 3.05) is 24.9 Å². The summed E-state index contributed by atoms with van der Waals surface area (Å²) in [6.45, 7) is 13.5. The summed E-state index contributed by atoms with van der Waals surface area (Å²) in [5, 5.41) is 14.9. The fourth-order valence-electron chi connectivity index (χ4n) is 2.98. The van der Waals surface area contributed by atoms with E-state index in [9.17, 15) is 9.59 Å². The lowest BCUT2D eigenvalue weighted by molar-refractivity contribution is -0.124. The van der Waals surface area contributed by atoms with Gasteiger partial charge in [-0.15, -0.1) is 10.2 Å². The third kappa shape index (κ3) is 9.48. The van der Waals surface area contributed by atoms with Gasteiger partial charge in [-0.05, 0) is 66.2 Å². The monoisotopic (exact) mass is 526 g/mol. The van der Waals surface area contributed by atoms with Gasteiger partial charge in [0.1, 0.15) is 5.82 Å². The topological polar surface area (TPSA) is 119 Å². The lowest BCUT2D eigenvalue weighted by atomic mass is 10.1. The third-order valence-electron chi connectivity index (χ3n) is 4.23. The Morgan fingerprint density at radius 2 is 1.69 bits per heavy atom. The zero-order valence-corrected chi connectivity index (χ0v) is 23.1. The van der Waals surface area contributed by atoms with Gasteiger partial charge in [0.15, 0.2) is 18.1 Å². The van der Waals surface area contributed by atoms with Gasteiger partial charge in [0.25, 0.3) is 5.91 Å². The Bertz CT molecular complexity index is 1050. The molecule has 1 aromatic carbocycles. The highest BCUT2D eigenvalue weighted by Crippen LogP contribution is 2.36. The fourth-order valence-corrected chi connectivity index (χ4v) is 4.03. The van der Waals surface area contributed by atoms with Gasteiger partial charge in [0, 0.05) is 11.1 Å². The number of aromatic nitrogens is 3. The molecule has 194 valence electrons. The van der Waals surface area contributed by atoms with E-state index in [0.29, 0.717) is 34.0 Å². The highest BCUT2D eigenvalue weighted by molar-refractivity contribution is 7.99. The molecule has 0 atom stereocenters. The number of thioether (sulfide) groups is 1. The first-order valence-electron chi connectivity index (χ1n) is 11.1. The van der Waals surface area contributed by atoms with E-state index < -0.39 is 0 Å². The number of hydrogen-bond acceptors (Lipinski definition) is 8. The van der Waals surface area contributed by atoms with Crippen molar-refractivity contribution >= 4 is 35.2 Å². The first kappa shape index (κ1) is 28.6. The van der Waals surface area contributed by atoms with E-state index in [1.165, 1.54) is 18.9 Å². The largest absolute Gasteiger partial charge is 0.493 e. The van der Waals surface area contributed by atoms with Gasteiger partial charge in [-0.25, -0.2) is 4.68 Å². The number of methoxy groups -OCH3 is 1. The van der Waals surface area contributed by atoms with Crippen LogP contribution in [0.3, 0.4) is 0 Å². The van der Waals surface area contributed by atoms with Crippen LogP contribution in [0.4, 0.5) is 0 Å². The van der Waals surface area contributed by atoms with Crippen LogP contribution in [0, 0.1) is 6.92 Å². The number of benzene rings is 1. The van der Waals surface area contributed by atoms with Crippen LogP contribution in [0.15, 0.2) is 17.3 Å². The lowest BCUT2D eigenvalue weighted by Gasteiger charge is -2.21. The van der Waals surface area contributed by atoms with Crippen molar-refractivity contribution in [3.63, 3.8) is 0 Å². The Labute approximate surface area is 215 Å². The molecular weight excluding hydrogens is 492 g/mol. The Morgan fingerprint density at radius 1 is 1.06 bits per heavy atom. The molecule has 2 rings (SSSR count). The number of aryl methyl sites for hydroxylation is 1. The summed E-state index contributed by atoms with van der Waals surface area (Å²) < 4.78 is 12.8. The van der Waals surface area contributed by atoms with Gasteiger partial charge in [0.2, 0.25) is 11.1 Å². The first-order chi connectivity index (χ1) is 16.2. The second kappa shape index (κ2) is 11.9. The van der Waals surface area contributed by atoms with Crippen LogP contribution in [-0.2, 0) is 16.1 Å². The van der Waals surface area contributed by atoms with Crippen LogP contribution < -0.4 is 25.5 Å². The predicted octanol–water partition coefficient (Wildman–Crippen LogP) is 3.29. The smallest absolute Gasteiger partial charge is 0.258 e. The van der Waals surface area contributed by atoms with E-state index >= 15 is 0 Å². The molecule has 1 heterocycles. The molecule has 0 saturated carbocycles. The summed E-state index contributed by atoms with van der Waals surface area (Å²) in [6.07, 6.45) is 0. The fraction of sp³-hybridized carbons (Fsp3) is 0.565. The minimum Gasteiger partial charge on any atom is -0.493 e. The summed E-state index contributed by atoms with van der Waals surface area (Å²) in [5.41, 5.74) is 3.39. The van der Waals surface area contributed by atoms with Gasteiger partial charge in [-0.3, -0.25) is 9.59 Å². The molecule has 0 aliphatic rings. The highest BCUT2D eigenvalue weighted by atomic mass is 35.5. The molecule has 0 aliphatic carbocycles. The maximum Gasteiger partial charge on any atom is 0.258 e. The summed E-state index contributed by atoms with van der Waals surface area (Å²) in [7, 11) is 1.51. The van der Waals surface area contributed by atoms with Gasteiger partial charge < -0.3 is 25.5 Å². The van der Waals surface area contributed by atoms with Crippen LogP contribution in [-0.4, -0.2) is 57.2 Å². The number of nitrogens with one attached hydrogen (secondary N) is 3. The lowest BCUT2D eigenvalue weighted by Crippen LogP contribution is -2.43. The van der Waals surface area contributed by atoms with Crippen molar-refractivity contribution in [2.45, 2.75) is 71.2 Å². The third-order valence-corrected chi connectivity index (χ3v) is 5.44. The first-order valence-corrected chi connectivity index (χ1v) is 12.4. The van der Waals surface area contributed by atoms with E-state index in [1.54, 1.807) is 16.8 Å². The number of ether oxygens (including phenoxy) is 2. The maximum absolute atomic E-state index is 12.2. The van der Waals surface area contributed by atoms with E-state index in [0.717, 1.165) is 5.56 Å². The minimum absolute atomic E-state index is 0.0852. The maximum atomic E-state index is 12.2. The van der Waals surface area contributed by atoms with Crippen LogP contribution in [0.2, 0.25) is 5.02 Å². The molecule has 1 aromatic heterocycles. The van der Waals surface area contributed by atoms with Gasteiger partial charge in [-0.2, -0.15) is 0 Å². The molecule has 0 spiro atoms. The SMILES string of the molecule is COc1cc(CNn2c(C)nnc2SCC(=O)NC(C)(C)C)cc(Cl)c1OCC(=O)NC(C)(C)C. The normalized spacial score (nSPS) is 11.7. The zero-order valence-electron chi connectivity index (χ0n) is 21.5. The van der Waals surface area contributed by atoms with E-state index in [2.05, 4.69) is 26.3 Å². The van der Waals surface area contributed by atoms with Crippen LogP contribution in [0.25, 0.3) is 0 Å². The summed E-state index contributed by atoms with van der Waals surface area (Å²) >= 11 is 7.73.